The van der Waals surface area contributed by atoms with Crippen LogP contribution in [0.3, 0.4) is 0 Å². The van der Waals surface area contributed by atoms with Crippen LogP contribution in [0.5, 0.6) is 0 Å². The average Bonchev–Trinajstić information content (AvgIpc) is 2.89. The van der Waals surface area contributed by atoms with Crippen LogP contribution in [0.15, 0.2) is 142 Å². The van der Waals surface area contributed by atoms with Crippen molar-refractivity contribution in [3.63, 3.8) is 0 Å². The Labute approximate surface area is 219 Å². The van der Waals surface area contributed by atoms with Crippen molar-refractivity contribution in [1.82, 2.24) is 0 Å². The third-order valence-electron chi connectivity index (χ3n) is 5.91. The lowest BCUT2D eigenvalue weighted by molar-refractivity contribution is 1.18. The maximum absolute atomic E-state index is 2.42. The summed E-state index contributed by atoms with van der Waals surface area (Å²) < 4.78 is 1.29. The monoisotopic (exact) mass is 569 g/mol. The van der Waals surface area contributed by atoms with Gasteiger partial charge in [-0.1, -0.05) is 90.5 Å². The van der Waals surface area contributed by atoms with Crippen LogP contribution in [-0.2, 0) is 17.3 Å². The molecule has 2 heteroatoms. The molecular formula is C32H26IS+. The van der Waals surface area contributed by atoms with Crippen LogP contribution in [0.4, 0.5) is 0 Å². The van der Waals surface area contributed by atoms with Crippen molar-refractivity contribution in [1.29, 1.82) is 0 Å². The number of benzene rings is 5. The molecule has 0 unspecified atom stereocenters. The Hall–Kier alpha value is -2.82. The van der Waals surface area contributed by atoms with Crippen molar-refractivity contribution in [3.05, 3.63) is 148 Å². The van der Waals surface area contributed by atoms with Gasteiger partial charge in [-0.15, -0.1) is 0 Å². The van der Waals surface area contributed by atoms with Crippen molar-refractivity contribution in [3.8, 4) is 11.1 Å². The molecule has 0 aliphatic carbocycles. The summed E-state index contributed by atoms with van der Waals surface area (Å²) >= 11 is 2.42. The van der Waals surface area contributed by atoms with Crippen LogP contribution >= 0.6 is 22.6 Å². The minimum absolute atomic E-state index is 0.0987. The number of hydrogen-bond acceptors (Lipinski definition) is 0. The highest BCUT2D eigenvalue weighted by Gasteiger charge is 2.28. The molecule has 0 saturated carbocycles. The molecule has 0 spiro atoms. The minimum atomic E-state index is -0.0987. The zero-order valence-corrected chi connectivity index (χ0v) is 22.1. The van der Waals surface area contributed by atoms with E-state index >= 15 is 0 Å². The van der Waals surface area contributed by atoms with Gasteiger partial charge < -0.3 is 0 Å². The van der Waals surface area contributed by atoms with Gasteiger partial charge in [0.1, 0.15) is 0 Å². The molecule has 0 aliphatic heterocycles. The van der Waals surface area contributed by atoms with Gasteiger partial charge in [-0.25, -0.2) is 0 Å². The zero-order valence-electron chi connectivity index (χ0n) is 19.1. The fourth-order valence-electron chi connectivity index (χ4n) is 4.16. The van der Waals surface area contributed by atoms with Crippen molar-refractivity contribution >= 4 is 33.5 Å². The number of halogens is 1. The van der Waals surface area contributed by atoms with E-state index in [-0.39, 0.29) is 10.9 Å². The lowest BCUT2D eigenvalue weighted by atomic mass is 9.99. The molecule has 0 heterocycles. The van der Waals surface area contributed by atoms with Gasteiger partial charge in [0.05, 0.1) is 10.9 Å². The third-order valence-corrected chi connectivity index (χ3v) is 9.08. The maximum Gasteiger partial charge on any atom is 0.166 e. The number of rotatable bonds is 6. The molecule has 5 aromatic carbocycles. The molecule has 0 aliphatic rings. The standard InChI is InChI=1S/C32H26IS/c1-24-12-21-32(33)31(22-24)27-17-13-25(14-18-27)23-26-15-19-30(20-16-26)34(28-8-4-2-5-9-28)29-10-6-3-7-11-29/h2-22H,23H2,1H3/q+1. The predicted octanol–water partition coefficient (Wildman–Crippen LogP) is 8.95. The van der Waals surface area contributed by atoms with E-state index in [0.29, 0.717) is 0 Å². The largest absolute Gasteiger partial charge is 0.166 e. The summed E-state index contributed by atoms with van der Waals surface area (Å²) in [5, 5.41) is 0. The summed E-state index contributed by atoms with van der Waals surface area (Å²) in [6, 6.07) is 46.5. The molecule has 0 saturated heterocycles. The summed E-state index contributed by atoms with van der Waals surface area (Å²) in [7, 11) is -0.0987. The molecule has 0 radical (unpaired) electrons. The van der Waals surface area contributed by atoms with E-state index in [4.69, 9.17) is 0 Å². The molecule has 5 rings (SSSR count). The van der Waals surface area contributed by atoms with E-state index in [2.05, 4.69) is 157 Å². The SMILES string of the molecule is Cc1ccc(I)c(-c2ccc(Cc3ccc([S+](c4ccccc4)c4ccccc4)cc3)cc2)c1. The van der Waals surface area contributed by atoms with E-state index in [1.54, 1.807) is 0 Å². The van der Waals surface area contributed by atoms with Crippen LogP contribution in [0.1, 0.15) is 16.7 Å². The fraction of sp³-hybridized carbons (Fsp3) is 0.0625. The molecule has 0 nitrogen and oxygen atoms in total. The Balaban J connectivity index is 1.37. The molecular weight excluding hydrogens is 543 g/mol. The first kappa shape index (κ1) is 22.9. The second-order valence-corrected chi connectivity index (χ2v) is 11.6. The van der Waals surface area contributed by atoms with E-state index in [1.165, 1.54) is 46.1 Å². The highest BCUT2D eigenvalue weighted by molar-refractivity contribution is 14.1. The molecule has 0 aromatic heterocycles. The molecule has 0 fully saturated rings. The Bertz CT molecular complexity index is 1320. The minimum Gasteiger partial charge on any atom is -0.0619 e. The van der Waals surface area contributed by atoms with Crippen LogP contribution in [0.25, 0.3) is 11.1 Å². The van der Waals surface area contributed by atoms with Gasteiger partial charge in [-0.2, -0.15) is 0 Å². The number of hydrogen-bond donors (Lipinski definition) is 0. The molecule has 0 atom stereocenters. The van der Waals surface area contributed by atoms with E-state index < -0.39 is 0 Å². The average molecular weight is 570 g/mol. The number of aryl methyl sites for hydroxylation is 1. The third kappa shape index (κ3) is 5.29. The van der Waals surface area contributed by atoms with Crippen molar-refractivity contribution < 1.29 is 0 Å². The Morgan fingerprint density at radius 3 is 1.62 bits per heavy atom. The fourth-order valence-corrected chi connectivity index (χ4v) is 6.89. The molecule has 166 valence electrons. The second-order valence-electron chi connectivity index (χ2n) is 8.43. The lowest BCUT2D eigenvalue weighted by Gasteiger charge is -2.10. The van der Waals surface area contributed by atoms with E-state index in [1.807, 2.05) is 0 Å². The normalized spacial score (nSPS) is 11.0. The van der Waals surface area contributed by atoms with Crippen molar-refractivity contribution in [2.75, 3.05) is 0 Å². The smallest absolute Gasteiger partial charge is 0.0619 e. The summed E-state index contributed by atoms with van der Waals surface area (Å²) in [4.78, 5) is 4.05. The van der Waals surface area contributed by atoms with Crippen molar-refractivity contribution in [2.24, 2.45) is 0 Å². The predicted molar refractivity (Wildman–Crippen MR) is 154 cm³/mol. The summed E-state index contributed by atoms with van der Waals surface area (Å²) in [6.45, 7) is 2.15. The van der Waals surface area contributed by atoms with Crippen LogP contribution < -0.4 is 0 Å². The van der Waals surface area contributed by atoms with Crippen LogP contribution in [-0.4, -0.2) is 0 Å². The van der Waals surface area contributed by atoms with Crippen molar-refractivity contribution in [2.45, 2.75) is 28.0 Å². The van der Waals surface area contributed by atoms with Gasteiger partial charge in [0.25, 0.3) is 0 Å². The maximum atomic E-state index is 2.42. The highest BCUT2D eigenvalue weighted by Crippen LogP contribution is 2.31. The Kier molecular flexibility index (Phi) is 7.17. The topological polar surface area (TPSA) is 0 Å². The van der Waals surface area contributed by atoms with Gasteiger partial charge in [0, 0.05) is 3.57 Å². The highest BCUT2D eigenvalue weighted by atomic mass is 127. The van der Waals surface area contributed by atoms with E-state index in [9.17, 15) is 0 Å². The van der Waals surface area contributed by atoms with Crippen LogP contribution in [0, 0.1) is 10.5 Å². The first-order valence-corrected chi connectivity index (χ1v) is 13.8. The first-order valence-electron chi connectivity index (χ1n) is 11.5. The Morgan fingerprint density at radius 2 is 1.06 bits per heavy atom. The van der Waals surface area contributed by atoms with Crippen LogP contribution in [0.2, 0.25) is 0 Å². The second kappa shape index (κ2) is 10.6. The van der Waals surface area contributed by atoms with Gasteiger partial charge >= 0.3 is 0 Å². The molecule has 0 N–H and O–H groups in total. The lowest BCUT2D eigenvalue weighted by Crippen LogP contribution is -2.04. The molecule has 5 aromatic rings. The van der Waals surface area contributed by atoms with E-state index in [0.717, 1.165) is 6.42 Å². The molecule has 34 heavy (non-hydrogen) atoms. The Morgan fingerprint density at radius 1 is 0.559 bits per heavy atom. The quantitative estimate of drug-likeness (QED) is 0.142. The van der Waals surface area contributed by atoms with Gasteiger partial charge in [-0.05, 0) is 101 Å². The molecule has 0 amide bonds. The summed E-state index contributed by atoms with van der Waals surface area (Å²) in [6.07, 6.45) is 0.940. The summed E-state index contributed by atoms with van der Waals surface area (Å²) in [5.41, 5.74) is 6.56. The zero-order chi connectivity index (χ0) is 23.3. The molecule has 0 bridgehead atoms. The van der Waals surface area contributed by atoms with Gasteiger partial charge in [-0.3, -0.25) is 0 Å². The first-order chi connectivity index (χ1) is 16.7. The van der Waals surface area contributed by atoms with Gasteiger partial charge in [0.15, 0.2) is 14.7 Å². The summed E-state index contributed by atoms with van der Waals surface area (Å²) in [5.74, 6) is 0. The van der Waals surface area contributed by atoms with Gasteiger partial charge in [0.2, 0.25) is 0 Å².